The average molecular weight is 352 g/mol. The lowest BCUT2D eigenvalue weighted by atomic mass is 10.1. The van der Waals surface area contributed by atoms with Gasteiger partial charge in [-0.05, 0) is 42.7 Å². The van der Waals surface area contributed by atoms with Crippen LogP contribution in [0.2, 0.25) is 0 Å². The fraction of sp³-hybridized carbons (Fsp3) is 0.250. The van der Waals surface area contributed by atoms with Crippen LogP contribution in [0.25, 0.3) is 5.69 Å². The molecular weight excluding hydrogens is 331 g/mol. The second-order valence-electron chi connectivity index (χ2n) is 6.06. The van der Waals surface area contributed by atoms with Crippen LogP contribution >= 0.6 is 0 Å². The SMILES string of the molecule is O=C(CCCCc1nncn1-c1ccccc1)NCc1ccc(F)cc1. The van der Waals surface area contributed by atoms with Crippen LogP contribution in [0, 0.1) is 5.82 Å². The Morgan fingerprint density at radius 3 is 2.58 bits per heavy atom. The number of para-hydroxylation sites is 1. The minimum atomic E-state index is -0.275. The number of carbonyl (C=O) groups is 1. The maximum absolute atomic E-state index is 12.8. The van der Waals surface area contributed by atoms with Crippen molar-refractivity contribution in [2.75, 3.05) is 0 Å². The first-order chi connectivity index (χ1) is 12.7. The van der Waals surface area contributed by atoms with Crippen molar-refractivity contribution in [3.8, 4) is 5.69 Å². The summed E-state index contributed by atoms with van der Waals surface area (Å²) in [4.78, 5) is 11.9. The van der Waals surface area contributed by atoms with Crippen LogP contribution in [0.5, 0.6) is 0 Å². The number of nitrogens with zero attached hydrogens (tertiary/aromatic N) is 3. The average Bonchev–Trinajstić information content (AvgIpc) is 3.14. The van der Waals surface area contributed by atoms with Crippen LogP contribution < -0.4 is 5.32 Å². The Labute approximate surface area is 151 Å². The maximum Gasteiger partial charge on any atom is 0.220 e. The van der Waals surface area contributed by atoms with Crippen molar-refractivity contribution in [1.29, 1.82) is 0 Å². The number of amides is 1. The highest BCUT2D eigenvalue weighted by atomic mass is 19.1. The van der Waals surface area contributed by atoms with Crippen molar-refractivity contribution < 1.29 is 9.18 Å². The second-order valence-corrected chi connectivity index (χ2v) is 6.06. The normalized spacial score (nSPS) is 10.7. The zero-order valence-electron chi connectivity index (χ0n) is 14.4. The molecule has 2 aromatic carbocycles. The molecule has 0 radical (unpaired) electrons. The van der Waals surface area contributed by atoms with Gasteiger partial charge in [-0.1, -0.05) is 30.3 Å². The third kappa shape index (κ3) is 4.99. The highest BCUT2D eigenvalue weighted by Crippen LogP contribution is 2.11. The van der Waals surface area contributed by atoms with Gasteiger partial charge in [0.05, 0.1) is 0 Å². The Hall–Kier alpha value is -3.02. The van der Waals surface area contributed by atoms with Gasteiger partial charge in [0.25, 0.3) is 0 Å². The smallest absolute Gasteiger partial charge is 0.220 e. The molecule has 0 fully saturated rings. The summed E-state index contributed by atoms with van der Waals surface area (Å²) in [5, 5.41) is 11.0. The van der Waals surface area contributed by atoms with Gasteiger partial charge in [0.2, 0.25) is 5.91 Å². The molecule has 0 unspecified atom stereocenters. The first-order valence-corrected chi connectivity index (χ1v) is 8.68. The molecule has 0 atom stereocenters. The van der Waals surface area contributed by atoms with Crippen molar-refractivity contribution in [3.63, 3.8) is 0 Å². The van der Waals surface area contributed by atoms with E-state index in [9.17, 15) is 9.18 Å². The van der Waals surface area contributed by atoms with Gasteiger partial charge < -0.3 is 5.32 Å². The summed E-state index contributed by atoms with van der Waals surface area (Å²) >= 11 is 0. The second kappa shape index (κ2) is 8.89. The minimum absolute atomic E-state index is 0.00106. The molecule has 0 saturated carbocycles. The Kier molecular flexibility index (Phi) is 6.09. The first kappa shape index (κ1) is 17.8. The first-order valence-electron chi connectivity index (χ1n) is 8.68. The van der Waals surface area contributed by atoms with E-state index in [0.717, 1.165) is 36.3 Å². The molecule has 6 heteroatoms. The van der Waals surface area contributed by atoms with Gasteiger partial charge in [0.1, 0.15) is 18.0 Å². The molecule has 1 amide bonds. The van der Waals surface area contributed by atoms with Crippen LogP contribution in [0.3, 0.4) is 0 Å². The predicted molar refractivity (Wildman–Crippen MR) is 97.2 cm³/mol. The quantitative estimate of drug-likeness (QED) is 0.632. The molecule has 0 aliphatic heterocycles. The molecule has 0 bridgehead atoms. The van der Waals surface area contributed by atoms with E-state index in [-0.39, 0.29) is 11.7 Å². The summed E-state index contributed by atoms with van der Waals surface area (Å²) < 4.78 is 14.8. The van der Waals surface area contributed by atoms with Crippen LogP contribution in [-0.2, 0) is 17.8 Å². The molecule has 26 heavy (non-hydrogen) atoms. The van der Waals surface area contributed by atoms with E-state index >= 15 is 0 Å². The number of rotatable bonds is 8. The molecule has 1 aromatic heterocycles. The number of hydrogen-bond acceptors (Lipinski definition) is 3. The zero-order valence-corrected chi connectivity index (χ0v) is 14.4. The summed E-state index contributed by atoms with van der Waals surface area (Å²) in [6.45, 7) is 0.418. The van der Waals surface area contributed by atoms with Crippen molar-refractivity contribution >= 4 is 5.91 Å². The van der Waals surface area contributed by atoms with E-state index in [1.54, 1.807) is 18.5 Å². The Balaban J connectivity index is 1.40. The Morgan fingerprint density at radius 2 is 1.81 bits per heavy atom. The molecule has 134 valence electrons. The summed E-state index contributed by atoms with van der Waals surface area (Å²) in [6.07, 6.45) is 4.56. The molecule has 0 saturated heterocycles. The highest BCUT2D eigenvalue weighted by Gasteiger charge is 2.07. The van der Waals surface area contributed by atoms with Crippen LogP contribution in [0.1, 0.15) is 30.7 Å². The summed E-state index contributed by atoms with van der Waals surface area (Å²) in [5.74, 6) is 0.616. The number of aromatic nitrogens is 3. The van der Waals surface area contributed by atoms with Crippen LogP contribution in [0.15, 0.2) is 60.9 Å². The molecule has 1 heterocycles. The number of benzene rings is 2. The van der Waals surface area contributed by atoms with E-state index in [1.165, 1.54) is 12.1 Å². The molecule has 1 N–H and O–H groups in total. The van der Waals surface area contributed by atoms with E-state index < -0.39 is 0 Å². The van der Waals surface area contributed by atoms with Gasteiger partial charge in [-0.15, -0.1) is 10.2 Å². The third-order valence-electron chi connectivity index (χ3n) is 4.11. The predicted octanol–water partition coefficient (Wildman–Crippen LogP) is 3.44. The molecule has 3 aromatic rings. The molecule has 0 aliphatic rings. The minimum Gasteiger partial charge on any atom is -0.352 e. The number of carbonyl (C=O) groups excluding carboxylic acids is 1. The number of nitrogens with one attached hydrogen (secondary N) is 1. The topological polar surface area (TPSA) is 59.8 Å². The number of halogens is 1. The summed E-state index contributed by atoms with van der Waals surface area (Å²) in [6, 6.07) is 16.1. The fourth-order valence-corrected chi connectivity index (χ4v) is 2.69. The van der Waals surface area contributed by atoms with Gasteiger partial charge >= 0.3 is 0 Å². The van der Waals surface area contributed by atoms with Gasteiger partial charge in [0.15, 0.2) is 0 Å². The van der Waals surface area contributed by atoms with Crippen LogP contribution in [0.4, 0.5) is 4.39 Å². The van der Waals surface area contributed by atoms with E-state index in [1.807, 2.05) is 34.9 Å². The van der Waals surface area contributed by atoms with Crippen molar-refractivity contribution in [3.05, 3.63) is 78.1 Å². The summed E-state index contributed by atoms with van der Waals surface area (Å²) in [7, 11) is 0. The maximum atomic E-state index is 12.8. The number of unbranched alkanes of at least 4 members (excludes halogenated alkanes) is 1. The Bertz CT molecular complexity index is 831. The zero-order chi connectivity index (χ0) is 18.2. The molecule has 5 nitrogen and oxygen atoms in total. The van der Waals surface area contributed by atoms with Crippen LogP contribution in [-0.4, -0.2) is 20.7 Å². The standard InChI is InChI=1S/C20H21FN4O/c21-17-12-10-16(11-13-17)14-22-20(26)9-5-4-8-19-24-23-15-25(19)18-6-2-1-3-7-18/h1-3,6-7,10-13,15H,4-5,8-9,14H2,(H,22,26). The van der Waals surface area contributed by atoms with E-state index in [0.29, 0.717) is 13.0 Å². The lowest BCUT2D eigenvalue weighted by Gasteiger charge is -2.07. The van der Waals surface area contributed by atoms with Gasteiger partial charge in [-0.25, -0.2) is 4.39 Å². The molecule has 0 aliphatic carbocycles. The molecule has 3 rings (SSSR count). The Morgan fingerprint density at radius 1 is 1.04 bits per heavy atom. The van der Waals surface area contributed by atoms with Gasteiger partial charge in [0, 0.05) is 25.1 Å². The number of aryl methyl sites for hydroxylation is 1. The largest absolute Gasteiger partial charge is 0.352 e. The van der Waals surface area contributed by atoms with E-state index in [2.05, 4.69) is 15.5 Å². The van der Waals surface area contributed by atoms with Gasteiger partial charge in [-0.3, -0.25) is 9.36 Å². The number of hydrogen-bond donors (Lipinski definition) is 1. The lowest BCUT2D eigenvalue weighted by Crippen LogP contribution is -2.22. The molecular formula is C20H21FN4O. The lowest BCUT2D eigenvalue weighted by molar-refractivity contribution is -0.121. The molecule has 0 spiro atoms. The third-order valence-corrected chi connectivity index (χ3v) is 4.11. The van der Waals surface area contributed by atoms with Crippen molar-refractivity contribution in [2.24, 2.45) is 0 Å². The van der Waals surface area contributed by atoms with Gasteiger partial charge in [-0.2, -0.15) is 0 Å². The summed E-state index contributed by atoms with van der Waals surface area (Å²) in [5.41, 5.74) is 1.92. The highest BCUT2D eigenvalue weighted by molar-refractivity contribution is 5.75. The monoisotopic (exact) mass is 352 g/mol. The van der Waals surface area contributed by atoms with E-state index in [4.69, 9.17) is 0 Å². The van der Waals surface area contributed by atoms with Crippen molar-refractivity contribution in [1.82, 2.24) is 20.1 Å². The fourth-order valence-electron chi connectivity index (χ4n) is 2.69. The van der Waals surface area contributed by atoms with Crippen molar-refractivity contribution in [2.45, 2.75) is 32.2 Å².